The van der Waals surface area contributed by atoms with Gasteiger partial charge in [-0.05, 0) is 43.2 Å². The number of pyridine rings is 1. The molecule has 14 heteroatoms. The molecule has 0 unspecified atom stereocenters. The highest BCUT2D eigenvalue weighted by atomic mass is 32.2. The van der Waals surface area contributed by atoms with Crippen LogP contribution in [0.25, 0.3) is 22.2 Å². The molecule has 1 aliphatic rings. The van der Waals surface area contributed by atoms with Crippen molar-refractivity contribution in [2.24, 2.45) is 0 Å². The van der Waals surface area contributed by atoms with Crippen molar-refractivity contribution in [3.8, 4) is 11.3 Å². The normalized spacial score (nSPS) is 16.7. The Balaban J connectivity index is 1.28. The number of nitrogens with zero attached hydrogens (tertiary/aromatic N) is 4. The largest absolute Gasteiger partial charge is 0.443 e. The van der Waals surface area contributed by atoms with Crippen molar-refractivity contribution >= 4 is 26.9 Å². The molecule has 3 aromatic heterocycles. The second kappa shape index (κ2) is 9.76. The summed E-state index contributed by atoms with van der Waals surface area (Å²) in [6.07, 6.45) is -0.837. The fraction of sp³-hybridized carbons (Fsp3) is 0.250. The van der Waals surface area contributed by atoms with Gasteiger partial charge in [-0.3, -0.25) is 14.8 Å². The molecule has 0 saturated carbocycles. The van der Waals surface area contributed by atoms with Crippen LogP contribution in [0.3, 0.4) is 0 Å². The second-order valence-corrected chi connectivity index (χ2v) is 10.4. The third-order valence-corrected chi connectivity index (χ3v) is 7.79. The second-order valence-electron chi connectivity index (χ2n) is 8.56. The van der Waals surface area contributed by atoms with E-state index in [9.17, 15) is 30.8 Å². The van der Waals surface area contributed by atoms with E-state index in [1.165, 1.54) is 30.5 Å². The zero-order valence-electron chi connectivity index (χ0n) is 19.4. The summed E-state index contributed by atoms with van der Waals surface area (Å²) in [6.45, 7) is 0.0428. The topological polar surface area (TPSA) is 118 Å². The van der Waals surface area contributed by atoms with Crippen molar-refractivity contribution in [2.75, 3.05) is 6.54 Å². The van der Waals surface area contributed by atoms with Crippen LogP contribution in [0.15, 0.2) is 64.5 Å². The molecule has 1 amide bonds. The number of hydrogen-bond donors (Lipinski definition) is 1. The quantitative estimate of drug-likeness (QED) is 0.362. The molecule has 1 fully saturated rings. The van der Waals surface area contributed by atoms with Gasteiger partial charge < -0.3 is 9.73 Å². The first-order valence-electron chi connectivity index (χ1n) is 11.4. The fourth-order valence-electron chi connectivity index (χ4n) is 4.18. The van der Waals surface area contributed by atoms with E-state index in [4.69, 9.17) is 4.42 Å². The average molecular weight is 550 g/mol. The molecule has 198 valence electrons. The number of carbonyl (C=O) groups is 1. The Morgan fingerprint density at radius 3 is 2.66 bits per heavy atom. The molecule has 0 aliphatic carbocycles. The first-order chi connectivity index (χ1) is 18.0. The first-order valence-corrected chi connectivity index (χ1v) is 12.8. The van der Waals surface area contributed by atoms with Crippen LogP contribution < -0.4 is 5.32 Å². The van der Waals surface area contributed by atoms with Crippen molar-refractivity contribution in [1.82, 2.24) is 24.6 Å². The number of nitrogens with one attached hydrogen (secondary N) is 1. The number of hydrogen-bond acceptors (Lipinski definition) is 7. The number of furan rings is 1. The molecule has 4 aromatic rings. The Labute approximate surface area is 213 Å². The van der Waals surface area contributed by atoms with Crippen LogP contribution in [0.5, 0.6) is 0 Å². The van der Waals surface area contributed by atoms with Gasteiger partial charge in [0.25, 0.3) is 10.0 Å². The molecule has 1 saturated heterocycles. The minimum atomic E-state index is -4.61. The number of aromatic nitrogens is 3. The highest BCUT2D eigenvalue weighted by Crippen LogP contribution is 2.31. The summed E-state index contributed by atoms with van der Waals surface area (Å²) in [5, 5.41) is 2.56. The minimum absolute atomic E-state index is 0.0605. The van der Waals surface area contributed by atoms with Gasteiger partial charge in [0.15, 0.2) is 5.69 Å². The van der Waals surface area contributed by atoms with Crippen LogP contribution in [0, 0.1) is 5.82 Å². The number of alkyl halides is 3. The van der Waals surface area contributed by atoms with Crippen LogP contribution >= 0.6 is 0 Å². The monoisotopic (exact) mass is 549 g/mol. The lowest BCUT2D eigenvalue weighted by atomic mass is 10.1. The highest BCUT2D eigenvalue weighted by Gasteiger charge is 2.41. The van der Waals surface area contributed by atoms with E-state index >= 15 is 0 Å². The molecular formula is C24H19F4N5O4S. The molecule has 5 rings (SSSR count). The zero-order valence-corrected chi connectivity index (χ0v) is 20.3. The lowest BCUT2D eigenvalue weighted by Gasteiger charge is -2.22. The fourth-order valence-corrected chi connectivity index (χ4v) is 5.78. The maximum atomic E-state index is 13.5. The van der Waals surface area contributed by atoms with Crippen LogP contribution in [0.1, 0.15) is 24.2 Å². The van der Waals surface area contributed by atoms with E-state index in [2.05, 4.69) is 20.3 Å². The molecule has 38 heavy (non-hydrogen) atoms. The van der Waals surface area contributed by atoms with Crippen molar-refractivity contribution in [2.45, 2.75) is 36.7 Å². The molecule has 4 heterocycles. The summed E-state index contributed by atoms with van der Waals surface area (Å²) >= 11 is 0. The lowest BCUT2D eigenvalue weighted by Crippen LogP contribution is -2.45. The third-order valence-electron chi connectivity index (χ3n) is 6.02. The maximum absolute atomic E-state index is 13.5. The molecule has 1 aliphatic heterocycles. The van der Waals surface area contributed by atoms with Gasteiger partial charge in [-0.2, -0.15) is 17.5 Å². The summed E-state index contributed by atoms with van der Waals surface area (Å²) in [6, 6.07) is 6.94. The molecule has 0 radical (unpaired) electrons. The molecule has 1 atom stereocenters. The third kappa shape index (κ3) is 5.09. The van der Waals surface area contributed by atoms with Gasteiger partial charge in [0, 0.05) is 29.8 Å². The molecule has 0 bridgehead atoms. The Bertz CT molecular complexity index is 1610. The van der Waals surface area contributed by atoms with E-state index in [0.29, 0.717) is 23.9 Å². The lowest BCUT2D eigenvalue weighted by molar-refractivity contribution is -0.141. The number of halogens is 4. The Morgan fingerprint density at radius 1 is 1.11 bits per heavy atom. The van der Waals surface area contributed by atoms with Crippen LogP contribution in [-0.4, -0.2) is 46.2 Å². The Morgan fingerprint density at radius 2 is 1.92 bits per heavy atom. The van der Waals surface area contributed by atoms with Gasteiger partial charge in [0.1, 0.15) is 17.4 Å². The molecular weight excluding hydrogens is 530 g/mol. The first kappa shape index (κ1) is 25.7. The van der Waals surface area contributed by atoms with Gasteiger partial charge >= 0.3 is 6.18 Å². The molecule has 0 spiro atoms. The number of amides is 1. The minimum Gasteiger partial charge on any atom is -0.443 e. The highest BCUT2D eigenvalue weighted by molar-refractivity contribution is 7.89. The standard InChI is InChI=1S/C24H19F4N5O4S/c25-16-3-4-20-15(8-16)10-22(37-20)38(35,36)33-7-1-2-19(33)23(34)32-11-17-9-14(5-6-29-17)18-12-31-21(13-30-18)24(26,27)28/h3-6,8-10,12-13,19H,1-2,7,11H2,(H,32,34)/t19-/m0/s1. The van der Waals surface area contributed by atoms with Gasteiger partial charge in [-0.25, -0.2) is 17.8 Å². The number of rotatable bonds is 6. The van der Waals surface area contributed by atoms with E-state index in [0.717, 1.165) is 22.6 Å². The Hall–Kier alpha value is -3.91. The van der Waals surface area contributed by atoms with Gasteiger partial charge in [0.2, 0.25) is 11.0 Å². The Kier molecular flexibility index (Phi) is 6.61. The smallest absolute Gasteiger partial charge is 0.434 e. The maximum Gasteiger partial charge on any atom is 0.434 e. The van der Waals surface area contributed by atoms with Crippen LogP contribution in [-0.2, 0) is 27.5 Å². The molecule has 1 N–H and O–H groups in total. The molecule has 1 aromatic carbocycles. The van der Waals surface area contributed by atoms with E-state index in [1.54, 1.807) is 0 Å². The summed E-state index contributed by atoms with van der Waals surface area (Å²) in [5.41, 5.74) is 0.0930. The van der Waals surface area contributed by atoms with Crippen molar-refractivity contribution < 1.29 is 35.2 Å². The number of sulfonamides is 1. The predicted molar refractivity (Wildman–Crippen MR) is 125 cm³/mol. The summed E-state index contributed by atoms with van der Waals surface area (Å²) in [4.78, 5) is 24.3. The SMILES string of the molecule is O=C(NCc1cc(-c2cnc(C(F)(F)F)cn2)ccn1)[C@@H]1CCCN1S(=O)(=O)c1cc2cc(F)ccc2o1. The van der Waals surface area contributed by atoms with Crippen molar-refractivity contribution in [3.05, 3.63) is 72.2 Å². The van der Waals surface area contributed by atoms with Gasteiger partial charge in [-0.1, -0.05) is 0 Å². The van der Waals surface area contributed by atoms with Crippen molar-refractivity contribution in [3.63, 3.8) is 0 Å². The summed E-state index contributed by atoms with van der Waals surface area (Å²) in [7, 11) is -4.17. The van der Waals surface area contributed by atoms with Gasteiger partial charge in [-0.15, -0.1) is 0 Å². The van der Waals surface area contributed by atoms with E-state index in [1.807, 2.05) is 0 Å². The number of carbonyl (C=O) groups excluding carboxylic acids is 1. The number of benzene rings is 1. The van der Waals surface area contributed by atoms with E-state index in [-0.39, 0.29) is 41.3 Å². The zero-order chi connectivity index (χ0) is 27.1. The molecule has 9 nitrogen and oxygen atoms in total. The van der Waals surface area contributed by atoms with Crippen molar-refractivity contribution in [1.29, 1.82) is 0 Å². The summed E-state index contributed by atoms with van der Waals surface area (Å²) in [5.74, 6) is -1.08. The van der Waals surface area contributed by atoms with Crippen LogP contribution in [0.2, 0.25) is 0 Å². The predicted octanol–water partition coefficient (Wildman–Crippen LogP) is 3.91. The summed E-state index contributed by atoms with van der Waals surface area (Å²) < 4.78 is 84.7. The van der Waals surface area contributed by atoms with Crippen LogP contribution in [0.4, 0.5) is 17.6 Å². The van der Waals surface area contributed by atoms with E-state index < -0.39 is 39.7 Å². The number of fused-ring (bicyclic) bond motifs is 1. The van der Waals surface area contributed by atoms with Gasteiger partial charge in [0.05, 0.1) is 30.3 Å². The average Bonchev–Trinajstić information content (AvgIpc) is 3.55.